The van der Waals surface area contributed by atoms with E-state index in [0.717, 1.165) is 0 Å². The van der Waals surface area contributed by atoms with Crippen LogP contribution in [0.15, 0.2) is 82.3 Å². The van der Waals surface area contributed by atoms with E-state index >= 15 is 0 Å². The van der Waals surface area contributed by atoms with Gasteiger partial charge in [-0.15, -0.1) is 0 Å². The van der Waals surface area contributed by atoms with E-state index in [-0.39, 0.29) is 22.6 Å². The Balaban J connectivity index is 0.000000184. The van der Waals surface area contributed by atoms with Gasteiger partial charge in [-0.1, -0.05) is 12.1 Å². The standard InChI is InChI=1S/C19H16N2O4.C15H8N2O4/c1-19(2,3)25-18(23)13-5-4-12(8-15(13)22)14-6-11(9-20)7-16-17(14)21-10-24-16;16-6-8-3-11(14-13(4-8)21-7-17-14)9-1-2-10(15(19)20)12(18)5-9/h4-8,10,22H,1-3H3;1-5,7,18H,(H,19,20). The van der Waals surface area contributed by atoms with Crippen molar-refractivity contribution in [2.45, 2.75) is 26.4 Å². The molecule has 0 spiro atoms. The predicted octanol–water partition coefficient (Wildman–Crippen LogP) is 6.80. The summed E-state index contributed by atoms with van der Waals surface area (Å²) in [5, 5.41) is 47.2. The average Bonchev–Trinajstić information content (AvgIpc) is 3.69. The molecular weight excluding hydrogens is 592 g/mol. The fraction of sp³-hybridized carbons (Fsp3) is 0.118. The van der Waals surface area contributed by atoms with Gasteiger partial charge in [-0.3, -0.25) is 0 Å². The molecule has 4 aromatic carbocycles. The molecule has 2 aromatic heterocycles. The van der Waals surface area contributed by atoms with Crippen molar-refractivity contribution in [3.63, 3.8) is 0 Å². The lowest BCUT2D eigenvalue weighted by molar-refractivity contribution is 0.00665. The van der Waals surface area contributed by atoms with Crippen LogP contribution in [-0.4, -0.2) is 42.8 Å². The first-order valence-electron chi connectivity index (χ1n) is 13.6. The molecule has 0 radical (unpaired) electrons. The molecule has 12 nitrogen and oxygen atoms in total. The lowest BCUT2D eigenvalue weighted by Crippen LogP contribution is -2.23. The Kier molecular flexibility index (Phi) is 8.13. The lowest BCUT2D eigenvalue weighted by atomic mass is 10.00. The topological polar surface area (TPSA) is 204 Å². The second-order valence-electron chi connectivity index (χ2n) is 10.9. The van der Waals surface area contributed by atoms with Crippen LogP contribution in [0.3, 0.4) is 0 Å². The first-order chi connectivity index (χ1) is 21.9. The van der Waals surface area contributed by atoms with Crippen molar-refractivity contribution in [1.29, 1.82) is 10.5 Å². The number of nitriles is 2. The molecule has 6 aromatic rings. The fourth-order valence-electron chi connectivity index (χ4n) is 4.59. The number of benzene rings is 4. The number of rotatable bonds is 4. The number of carboxylic acids is 1. The number of aromatic hydroxyl groups is 2. The summed E-state index contributed by atoms with van der Waals surface area (Å²) in [4.78, 5) is 31.3. The molecule has 0 unspecified atom stereocenters. The maximum atomic E-state index is 12.1. The van der Waals surface area contributed by atoms with Crippen molar-refractivity contribution in [2.24, 2.45) is 0 Å². The van der Waals surface area contributed by atoms with Crippen molar-refractivity contribution < 1.29 is 38.5 Å². The highest BCUT2D eigenvalue weighted by atomic mass is 16.6. The van der Waals surface area contributed by atoms with Crippen LogP contribution in [-0.2, 0) is 4.74 Å². The quantitative estimate of drug-likeness (QED) is 0.175. The van der Waals surface area contributed by atoms with Gasteiger partial charge in [0.05, 0.1) is 23.3 Å². The number of oxazole rings is 2. The number of carbonyl (C=O) groups is 2. The van der Waals surface area contributed by atoms with Gasteiger partial charge in [-0.25, -0.2) is 19.6 Å². The van der Waals surface area contributed by atoms with Crippen LogP contribution in [0.1, 0.15) is 52.6 Å². The first kappa shape index (κ1) is 30.8. The molecule has 0 amide bonds. The second-order valence-corrected chi connectivity index (χ2v) is 10.9. The van der Waals surface area contributed by atoms with E-state index < -0.39 is 17.5 Å². The van der Waals surface area contributed by atoms with Crippen LogP contribution in [0, 0.1) is 22.7 Å². The number of carboxylic acid groups (broad SMARTS) is 1. The van der Waals surface area contributed by atoms with Gasteiger partial charge >= 0.3 is 11.9 Å². The number of aromatic nitrogens is 2. The molecule has 12 heteroatoms. The number of phenols is 2. The molecule has 46 heavy (non-hydrogen) atoms. The van der Waals surface area contributed by atoms with E-state index in [1.807, 2.05) is 6.07 Å². The number of aromatic carboxylic acids is 1. The van der Waals surface area contributed by atoms with Gasteiger partial charge in [0.25, 0.3) is 0 Å². The molecule has 0 bridgehead atoms. The minimum Gasteiger partial charge on any atom is -0.507 e. The minimum absolute atomic E-state index is 0.0755. The van der Waals surface area contributed by atoms with Gasteiger partial charge in [0.1, 0.15) is 39.3 Å². The van der Waals surface area contributed by atoms with E-state index in [0.29, 0.717) is 55.6 Å². The highest BCUT2D eigenvalue weighted by molar-refractivity contribution is 5.97. The van der Waals surface area contributed by atoms with Gasteiger partial charge in [0, 0.05) is 23.3 Å². The van der Waals surface area contributed by atoms with Crippen LogP contribution in [0.2, 0.25) is 0 Å². The van der Waals surface area contributed by atoms with Crippen molar-refractivity contribution >= 4 is 34.1 Å². The van der Waals surface area contributed by atoms with Gasteiger partial charge < -0.3 is 28.9 Å². The van der Waals surface area contributed by atoms with Crippen molar-refractivity contribution in [3.8, 4) is 45.9 Å². The third-order valence-corrected chi connectivity index (χ3v) is 6.60. The highest BCUT2D eigenvalue weighted by Crippen LogP contribution is 2.34. The van der Waals surface area contributed by atoms with Crippen LogP contribution in [0.4, 0.5) is 0 Å². The van der Waals surface area contributed by atoms with Gasteiger partial charge in [0.15, 0.2) is 24.0 Å². The second kappa shape index (κ2) is 12.1. The SMILES string of the molecule is CC(C)(C)OC(=O)c1ccc(-c2cc(C#N)cc3ocnc23)cc1O.N#Cc1cc(-c2ccc(C(=O)O)c(O)c2)c2ncoc2c1. The Bertz CT molecular complexity index is 2230. The Hall–Kier alpha value is -6.66. The average molecular weight is 617 g/mol. The summed E-state index contributed by atoms with van der Waals surface area (Å²) in [5.74, 6) is -2.37. The number of hydrogen-bond donors (Lipinski definition) is 3. The molecule has 2 heterocycles. The number of carbonyl (C=O) groups excluding carboxylic acids is 1. The molecule has 0 fully saturated rings. The first-order valence-corrected chi connectivity index (χ1v) is 13.6. The van der Waals surface area contributed by atoms with Crippen LogP contribution >= 0.6 is 0 Å². The number of nitrogens with zero attached hydrogens (tertiary/aromatic N) is 4. The van der Waals surface area contributed by atoms with Crippen LogP contribution in [0.5, 0.6) is 11.5 Å². The minimum atomic E-state index is -1.21. The molecule has 3 N–H and O–H groups in total. The largest absolute Gasteiger partial charge is 0.507 e. The van der Waals surface area contributed by atoms with Crippen LogP contribution < -0.4 is 0 Å². The van der Waals surface area contributed by atoms with E-state index in [2.05, 4.69) is 16.0 Å². The number of esters is 1. The lowest BCUT2D eigenvalue weighted by Gasteiger charge is -2.20. The van der Waals surface area contributed by atoms with Gasteiger partial charge in [-0.05, 0) is 68.3 Å². The zero-order valence-corrected chi connectivity index (χ0v) is 24.6. The molecule has 0 aliphatic rings. The summed E-state index contributed by atoms with van der Waals surface area (Å²) < 4.78 is 15.7. The molecule has 0 saturated carbocycles. The van der Waals surface area contributed by atoms with Crippen molar-refractivity contribution in [3.05, 3.63) is 95.7 Å². The normalized spacial score (nSPS) is 10.9. The third kappa shape index (κ3) is 6.32. The van der Waals surface area contributed by atoms with Crippen molar-refractivity contribution in [1.82, 2.24) is 9.97 Å². The Morgan fingerprint density at radius 2 is 1.20 bits per heavy atom. The molecule has 228 valence electrons. The van der Waals surface area contributed by atoms with E-state index in [9.17, 15) is 19.8 Å². The molecule has 0 aliphatic carbocycles. The third-order valence-electron chi connectivity index (χ3n) is 6.60. The Labute approximate surface area is 261 Å². The zero-order valence-electron chi connectivity index (χ0n) is 24.6. The number of fused-ring (bicyclic) bond motifs is 2. The van der Waals surface area contributed by atoms with Gasteiger partial charge in [-0.2, -0.15) is 10.5 Å². The number of phenolic OH excluding ortho intramolecular Hbond substituents is 1. The molecule has 0 atom stereocenters. The smallest absolute Gasteiger partial charge is 0.342 e. The highest BCUT2D eigenvalue weighted by Gasteiger charge is 2.21. The summed E-state index contributed by atoms with van der Waals surface area (Å²) in [6.07, 6.45) is 2.56. The zero-order chi connectivity index (χ0) is 33.2. The molecule has 6 rings (SSSR count). The van der Waals surface area contributed by atoms with Crippen molar-refractivity contribution in [2.75, 3.05) is 0 Å². The van der Waals surface area contributed by atoms with E-state index in [4.69, 9.17) is 29.2 Å². The summed E-state index contributed by atoms with van der Waals surface area (Å²) in [5.41, 5.74) is 4.45. The summed E-state index contributed by atoms with van der Waals surface area (Å²) in [7, 11) is 0. The monoisotopic (exact) mass is 616 g/mol. The maximum absolute atomic E-state index is 12.1. The molecule has 0 aliphatic heterocycles. The number of ether oxygens (including phenoxy) is 1. The fourth-order valence-corrected chi connectivity index (χ4v) is 4.59. The predicted molar refractivity (Wildman–Crippen MR) is 164 cm³/mol. The Morgan fingerprint density at radius 1 is 0.739 bits per heavy atom. The Morgan fingerprint density at radius 3 is 1.59 bits per heavy atom. The van der Waals surface area contributed by atoms with Crippen LogP contribution in [0.25, 0.3) is 44.5 Å². The molecule has 0 saturated heterocycles. The van der Waals surface area contributed by atoms with Gasteiger partial charge in [0.2, 0.25) is 0 Å². The summed E-state index contributed by atoms with van der Waals surface area (Å²) >= 11 is 0. The number of hydrogen-bond acceptors (Lipinski definition) is 11. The molecular formula is C34H24N4O8. The summed E-state index contributed by atoms with van der Waals surface area (Å²) in [6.45, 7) is 5.26. The summed E-state index contributed by atoms with van der Waals surface area (Å²) in [6, 6.07) is 19.3. The maximum Gasteiger partial charge on any atom is 0.342 e. The van der Waals surface area contributed by atoms with E-state index in [1.165, 1.54) is 37.1 Å². The van der Waals surface area contributed by atoms with E-state index in [1.54, 1.807) is 57.2 Å².